The van der Waals surface area contributed by atoms with Gasteiger partial charge >= 0.3 is 0 Å². The predicted octanol–water partition coefficient (Wildman–Crippen LogP) is 1.63. The van der Waals surface area contributed by atoms with Gasteiger partial charge in [0.25, 0.3) is 0 Å². The molecule has 4 aliphatic carbocycles. The van der Waals surface area contributed by atoms with Crippen LogP contribution in [-0.4, -0.2) is 11.6 Å². The van der Waals surface area contributed by atoms with Crippen molar-refractivity contribution in [3.8, 4) is 0 Å². The topological polar surface area (TPSA) is 52.0 Å². The van der Waals surface area contributed by atoms with E-state index in [-0.39, 0.29) is 11.6 Å². The van der Waals surface area contributed by atoms with Crippen LogP contribution >= 0.6 is 0 Å². The summed E-state index contributed by atoms with van der Waals surface area (Å²) in [6.45, 7) is 4.78. The van der Waals surface area contributed by atoms with Crippen molar-refractivity contribution in [2.24, 2.45) is 28.2 Å². The smallest absolute Gasteiger partial charge is 0.0321 e. The van der Waals surface area contributed by atoms with Crippen LogP contribution in [0.4, 0.5) is 0 Å². The lowest BCUT2D eigenvalue weighted by atomic mass is 9.41. The molecule has 0 aliphatic heterocycles. The fourth-order valence-corrected chi connectivity index (χ4v) is 5.40. The maximum absolute atomic E-state index is 6.51. The Balaban J connectivity index is 2.07. The molecule has 0 amide bonds. The summed E-state index contributed by atoms with van der Waals surface area (Å²) in [5.41, 5.74) is 13.7. The van der Waals surface area contributed by atoms with Crippen molar-refractivity contribution >= 4 is 0 Å². The zero-order valence-electron chi connectivity index (χ0n) is 9.34. The predicted molar refractivity (Wildman–Crippen MR) is 57.7 cm³/mol. The molecule has 0 aromatic carbocycles. The van der Waals surface area contributed by atoms with Gasteiger partial charge in [-0.1, -0.05) is 13.8 Å². The van der Waals surface area contributed by atoms with Crippen LogP contribution in [0.2, 0.25) is 0 Å². The van der Waals surface area contributed by atoms with E-state index in [1.165, 1.54) is 25.7 Å². The minimum atomic E-state index is -0.0388. The Morgan fingerprint density at radius 3 is 2.36 bits per heavy atom. The van der Waals surface area contributed by atoms with Gasteiger partial charge in [0, 0.05) is 11.6 Å². The highest BCUT2D eigenvalue weighted by Gasteiger charge is 2.63. The second-order valence-corrected chi connectivity index (χ2v) is 7.01. The molecule has 14 heavy (non-hydrogen) atoms. The van der Waals surface area contributed by atoms with Gasteiger partial charge in [0.1, 0.15) is 0 Å². The summed E-state index contributed by atoms with van der Waals surface area (Å²) in [5, 5.41) is 0. The molecule has 0 aromatic rings. The van der Waals surface area contributed by atoms with Crippen molar-refractivity contribution in [1.82, 2.24) is 0 Å². The molecule has 4 bridgehead atoms. The maximum atomic E-state index is 6.51. The van der Waals surface area contributed by atoms with E-state index < -0.39 is 0 Å². The molecular weight excluding hydrogens is 172 g/mol. The highest BCUT2D eigenvalue weighted by atomic mass is 14.9. The molecular formula is C12H22N2. The minimum absolute atomic E-state index is 0.0388. The van der Waals surface area contributed by atoms with Crippen molar-refractivity contribution in [2.75, 3.05) is 0 Å². The molecule has 0 saturated heterocycles. The van der Waals surface area contributed by atoms with Crippen molar-refractivity contribution in [3.05, 3.63) is 0 Å². The number of hydrogen-bond acceptors (Lipinski definition) is 2. The first kappa shape index (κ1) is 9.17. The molecule has 0 aromatic heterocycles. The second-order valence-electron chi connectivity index (χ2n) is 7.01. The molecule has 4 N–H and O–H groups in total. The zero-order valence-corrected chi connectivity index (χ0v) is 9.34. The molecule has 2 nitrogen and oxygen atoms in total. The summed E-state index contributed by atoms with van der Waals surface area (Å²) in [4.78, 5) is 0. The van der Waals surface area contributed by atoms with Crippen LogP contribution in [0.5, 0.6) is 0 Å². The van der Waals surface area contributed by atoms with E-state index in [0.29, 0.717) is 10.8 Å². The first-order valence-electron chi connectivity index (χ1n) is 5.90. The van der Waals surface area contributed by atoms with Crippen molar-refractivity contribution in [1.29, 1.82) is 0 Å². The van der Waals surface area contributed by atoms with Gasteiger partial charge in [-0.2, -0.15) is 0 Å². The van der Waals surface area contributed by atoms with Crippen molar-refractivity contribution in [3.63, 3.8) is 0 Å². The highest BCUT2D eigenvalue weighted by Crippen LogP contribution is 2.64. The quantitative estimate of drug-likeness (QED) is 0.616. The van der Waals surface area contributed by atoms with Crippen LogP contribution in [-0.2, 0) is 0 Å². The molecule has 80 valence electrons. The van der Waals surface area contributed by atoms with E-state index in [1.807, 2.05) is 0 Å². The summed E-state index contributed by atoms with van der Waals surface area (Å²) in [6, 6.07) is 0.236. The molecule has 2 heteroatoms. The number of nitrogens with two attached hydrogens (primary N) is 2. The maximum Gasteiger partial charge on any atom is 0.0321 e. The summed E-state index contributed by atoms with van der Waals surface area (Å²) >= 11 is 0. The molecule has 4 aliphatic rings. The van der Waals surface area contributed by atoms with Gasteiger partial charge in [-0.05, 0) is 48.9 Å². The Hall–Kier alpha value is -0.0800. The Morgan fingerprint density at radius 1 is 1.07 bits per heavy atom. The molecule has 4 fully saturated rings. The molecule has 0 radical (unpaired) electrons. The summed E-state index contributed by atoms with van der Waals surface area (Å²) in [7, 11) is 0. The van der Waals surface area contributed by atoms with Gasteiger partial charge in [-0.3, -0.25) is 0 Å². The molecule has 4 saturated carbocycles. The van der Waals surface area contributed by atoms with E-state index >= 15 is 0 Å². The Bertz CT molecular complexity index is 266. The van der Waals surface area contributed by atoms with Crippen molar-refractivity contribution in [2.45, 2.75) is 57.5 Å². The van der Waals surface area contributed by atoms with E-state index in [9.17, 15) is 0 Å². The third-order valence-electron chi connectivity index (χ3n) is 5.16. The third-order valence-corrected chi connectivity index (χ3v) is 5.16. The van der Waals surface area contributed by atoms with Gasteiger partial charge in [0.15, 0.2) is 0 Å². The first-order chi connectivity index (χ1) is 6.35. The van der Waals surface area contributed by atoms with Crippen LogP contribution in [0, 0.1) is 16.7 Å². The largest absolute Gasteiger partial charge is 0.326 e. The van der Waals surface area contributed by atoms with E-state index in [1.54, 1.807) is 0 Å². The Labute approximate surface area is 86.4 Å². The van der Waals surface area contributed by atoms with E-state index in [0.717, 1.165) is 12.3 Å². The van der Waals surface area contributed by atoms with Gasteiger partial charge in [-0.25, -0.2) is 0 Å². The summed E-state index contributed by atoms with van der Waals surface area (Å²) in [6.07, 6.45) is 6.36. The van der Waals surface area contributed by atoms with Gasteiger partial charge < -0.3 is 11.5 Å². The average molecular weight is 194 g/mol. The summed E-state index contributed by atoms with van der Waals surface area (Å²) < 4.78 is 0. The normalized spacial score (nSPS) is 66.0. The number of hydrogen-bond donors (Lipinski definition) is 2. The fourth-order valence-electron chi connectivity index (χ4n) is 5.40. The molecule has 4 rings (SSSR count). The Morgan fingerprint density at radius 2 is 1.79 bits per heavy atom. The van der Waals surface area contributed by atoms with Crippen LogP contribution in [0.15, 0.2) is 0 Å². The van der Waals surface area contributed by atoms with Crippen LogP contribution in [0.1, 0.15) is 46.0 Å². The number of rotatable bonds is 0. The van der Waals surface area contributed by atoms with Gasteiger partial charge in [-0.15, -0.1) is 0 Å². The highest BCUT2D eigenvalue weighted by molar-refractivity contribution is 5.19. The van der Waals surface area contributed by atoms with E-state index in [2.05, 4.69) is 13.8 Å². The molecule has 5 atom stereocenters. The lowest BCUT2D eigenvalue weighted by Crippen LogP contribution is -2.73. The zero-order chi connectivity index (χ0) is 10.2. The first-order valence-corrected chi connectivity index (χ1v) is 5.90. The van der Waals surface area contributed by atoms with Gasteiger partial charge in [0.2, 0.25) is 0 Å². The molecule has 0 spiro atoms. The Kier molecular flexibility index (Phi) is 1.44. The molecule has 5 unspecified atom stereocenters. The van der Waals surface area contributed by atoms with Crippen molar-refractivity contribution < 1.29 is 0 Å². The van der Waals surface area contributed by atoms with E-state index in [4.69, 9.17) is 11.5 Å². The van der Waals surface area contributed by atoms with Crippen LogP contribution in [0.25, 0.3) is 0 Å². The monoisotopic (exact) mass is 194 g/mol. The summed E-state index contributed by atoms with van der Waals surface area (Å²) in [5.74, 6) is 0.859. The SMILES string of the molecule is CC12CC3CC(C)(C1)C(N)C(N)(C3)C2. The minimum Gasteiger partial charge on any atom is -0.326 e. The lowest BCUT2D eigenvalue weighted by Gasteiger charge is -2.67. The lowest BCUT2D eigenvalue weighted by molar-refractivity contribution is -0.120. The third kappa shape index (κ3) is 0.938. The standard InChI is InChI=1S/C12H22N2/c1-10-3-8-4-11(2,6-10)9(13)12(14,5-8)7-10/h8-9H,3-7,13-14H2,1-2H3. The molecule has 0 heterocycles. The van der Waals surface area contributed by atoms with Crippen LogP contribution in [0.3, 0.4) is 0 Å². The average Bonchev–Trinajstić information content (AvgIpc) is 1.95. The van der Waals surface area contributed by atoms with Crippen LogP contribution < -0.4 is 11.5 Å². The fraction of sp³-hybridized carbons (Fsp3) is 1.00. The van der Waals surface area contributed by atoms with Gasteiger partial charge in [0.05, 0.1) is 0 Å². The second kappa shape index (κ2) is 2.19.